The van der Waals surface area contributed by atoms with Gasteiger partial charge in [-0.25, -0.2) is 0 Å². The molecule has 0 atom stereocenters. The first kappa shape index (κ1) is 9.72. The van der Waals surface area contributed by atoms with Crippen molar-refractivity contribution >= 4 is 46.2 Å². The quantitative estimate of drug-likeness (QED) is 0.433. The van der Waals surface area contributed by atoms with Gasteiger partial charge in [-0.15, -0.1) is 0 Å². The lowest BCUT2D eigenvalue weighted by atomic mass is 9.94. The molecule has 4 aromatic rings. The van der Waals surface area contributed by atoms with Crippen LogP contribution < -0.4 is 5.46 Å². The summed E-state index contributed by atoms with van der Waals surface area (Å²) < 4.78 is 5.80. The molecule has 0 aliphatic rings. The van der Waals surface area contributed by atoms with Gasteiger partial charge in [0.1, 0.15) is 13.4 Å². The number of para-hydroxylation sites is 2. The fraction of sp³-hybridized carbons (Fsp3) is 0. The van der Waals surface area contributed by atoms with Gasteiger partial charge in [-0.2, -0.15) is 0 Å². The molecule has 2 aromatic carbocycles. The topological polar surface area (TPSA) is 26.0 Å². The van der Waals surface area contributed by atoms with E-state index in [0.717, 1.165) is 32.8 Å². The molecule has 2 aromatic heterocycles. The van der Waals surface area contributed by atoms with Crippen LogP contribution in [0.3, 0.4) is 0 Å². The lowest BCUT2D eigenvalue weighted by Gasteiger charge is -1.97. The van der Waals surface area contributed by atoms with Crippen molar-refractivity contribution in [2.45, 2.75) is 0 Å². The van der Waals surface area contributed by atoms with Crippen molar-refractivity contribution < 1.29 is 4.42 Å². The second-order valence-corrected chi connectivity index (χ2v) is 4.34. The smallest absolute Gasteiger partial charge is 0.154 e. The number of furan rings is 1. The van der Waals surface area contributed by atoms with Crippen molar-refractivity contribution in [1.82, 2.24) is 4.98 Å². The van der Waals surface area contributed by atoms with Crippen LogP contribution in [0.1, 0.15) is 0 Å². The van der Waals surface area contributed by atoms with E-state index in [0.29, 0.717) is 5.46 Å². The molecule has 0 spiro atoms. The van der Waals surface area contributed by atoms with Gasteiger partial charge in [-0.05, 0) is 6.07 Å². The fourth-order valence-electron chi connectivity index (χ4n) is 2.45. The SMILES string of the molecule is [B]c1cccc2c1oc1cnc3ccccc3c12. The summed E-state index contributed by atoms with van der Waals surface area (Å²) in [6, 6.07) is 13.9. The van der Waals surface area contributed by atoms with Crippen molar-refractivity contribution in [1.29, 1.82) is 0 Å². The van der Waals surface area contributed by atoms with E-state index < -0.39 is 0 Å². The normalized spacial score (nSPS) is 11.6. The van der Waals surface area contributed by atoms with Crippen LogP contribution in [0.25, 0.3) is 32.8 Å². The first-order valence-corrected chi connectivity index (χ1v) is 5.79. The first-order chi connectivity index (χ1) is 8.84. The van der Waals surface area contributed by atoms with E-state index in [-0.39, 0.29) is 0 Å². The Morgan fingerprint density at radius 3 is 2.72 bits per heavy atom. The molecule has 0 fully saturated rings. The Balaban J connectivity index is 2.37. The summed E-state index contributed by atoms with van der Waals surface area (Å²) in [6.45, 7) is 0. The molecule has 2 radical (unpaired) electrons. The zero-order valence-electron chi connectivity index (χ0n) is 9.55. The largest absolute Gasteiger partial charge is 0.455 e. The third kappa shape index (κ3) is 1.16. The number of pyridine rings is 1. The van der Waals surface area contributed by atoms with Crippen molar-refractivity contribution in [2.24, 2.45) is 0 Å². The summed E-state index contributed by atoms with van der Waals surface area (Å²) in [5.41, 5.74) is 3.15. The maximum Gasteiger partial charge on any atom is 0.154 e. The van der Waals surface area contributed by atoms with Gasteiger partial charge in [-0.3, -0.25) is 4.98 Å². The van der Waals surface area contributed by atoms with Crippen LogP contribution in [0.2, 0.25) is 0 Å². The minimum absolute atomic E-state index is 0.660. The van der Waals surface area contributed by atoms with E-state index in [9.17, 15) is 0 Å². The first-order valence-electron chi connectivity index (χ1n) is 5.79. The molecular weight excluding hydrogens is 221 g/mol. The maximum absolute atomic E-state index is 5.95. The molecular formula is C15H8BNO. The van der Waals surface area contributed by atoms with Crippen molar-refractivity contribution in [3.63, 3.8) is 0 Å². The lowest BCUT2D eigenvalue weighted by Crippen LogP contribution is -2.00. The summed E-state index contributed by atoms with van der Waals surface area (Å²) in [6.07, 6.45) is 1.76. The summed E-state index contributed by atoms with van der Waals surface area (Å²) in [7, 11) is 5.95. The van der Waals surface area contributed by atoms with Crippen LogP contribution in [0.15, 0.2) is 53.1 Å². The standard InChI is InChI=1S/C15H8BNO/c16-11-6-3-5-10-14-9-4-1-2-7-12(9)17-8-13(14)18-15(10)11/h1-8H. The highest BCUT2D eigenvalue weighted by Gasteiger charge is 2.11. The van der Waals surface area contributed by atoms with Crippen LogP contribution in [0.4, 0.5) is 0 Å². The second-order valence-electron chi connectivity index (χ2n) is 4.34. The van der Waals surface area contributed by atoms with Crippen molar-refractivity contribution in [3.05, 3.63) is 48.7 Å². The number of nitrogens with zero attached hydrogens (tertiary/aromatic N) is 1. The summed E-state index contributed by atoms with van der Waals surface area (Å²) in [4.78, 5) is 4.40. The average Bonchev–Trinajstić information content (AvgIpc) is 2.79. The van der Waals surface area contributed by atoms with Gasteiger partial charge in [0.15, 0.2) is 5.58 Å². The molecule has 0 amide bonds. The average molecular weight is 229 g/mol. The number of hydrogen-bond acceptors (Lipinski definition) is 2. The van der Waals surface area contributed by atoms with Gasteiger partial charge in [0, 0.05) is 16.2 Å². The van der Waals surface area contributed by atoms with Crippen LogP contribution in [-0.4, -0.2) is 12.8 Å². The molecule has 0 unspecified atom stereocenters. The van der Waals surface area contributed by atoms with E-state index in [1.54, 1.807) is 6.20 Å². The third-order valence-corrected chi connectivity index (χ3v) is 3.27. The zero-order chi connectivity index (χ0) is 12.1. The van der Waals surface area contributed by atoms with Gasteiger partial charge in [0.25, 0.3) is 0 Å². The number of fused-ring (bicyclic) bond motifs is 5. The second kappa shape index (κ2) is 3.36. The molecule has 0 aliphatic carbocycles. The molecule has 0 saturated carbocycles. The molecule has 3 heteroatoms. The Morgan fingerprint density at radius 2 is 1.78 bits per heavy atom. The van der Waals surface area contributed by atoms with Crippen LogP contribution in [0, 0.1) is 0 Å². The van der Waals surface area contributed by atoms with Crippen molar-refractivity contribution in [2.75, 3.05) is 0 Å². The fourth-order valence-corrected chi connectivity index (χ4v) is 2.45. The predicted molar refractivity (Wildman–Crippen MR) is 74.4 cm³/mol. The van der Waals surface area contributed by atoms with E-state index in [4.69, 9.17) is 12.3 Å². The van der Waals surface area contributed by atoms with Gasteiger partial charge in [0.05, 0.1) is 11.7 Å². The van der Waals surface area contributed by atoms with Crippen LogP contribution >= 0.6 is 0 Å². The highest BCUT2D eigenvalue weighted by atomic mass is 16.3. The van der Waals surface area contributed by atoms with Gasteiger partial charge in [0.2, 0.25) is 0 Å². The number of rotatable bonds is 0. The predicted octanol–water partition coefficient (Wildman–Crippen LogP) is 2.93. The lowest BCUT2D eigenvalue weighted by molar-refractivity contribution is 0.670. The molecule has 0 saturated heterocycles. The highest BCUT2D eigenvalue weighted by molar-refractivity contribution is 6.39. The molecule has 18 heavy (non-hydrogen) atoms. The molecule has 82 valence electrons. The molecule has 2 heterocycles. The van der Waals surface area contributed by atoms with E-state index in [2.05, 4.69) is 11.1 Å². The molecule has 0 aliphatic heterocycles. The molecule has 2 nitrogen and oxygen atoms in total. The van der Waals surface area contributed by atoms with Crippen LogP contribution in [-0.2, 0) is 0 Å². The monoisotopic (exact) mass is 229 g/mol. The molecule has 0 bridgehead atoms. The van der Waals surface area contributed by atoms with Gasteiger partial charge >= 0.3 is 0 Å². The Labute approximate surface area is 105 Å². The Bertz CT molecular complexity index is 895. The minimum Gasteiger partial charge on any atom is -0.455 e. The summed E-state index contributed by atoms with van der Waals surface area (Å²) in [5.74, 6) is 0. The Hall–Kier alpha value is -2.29. The van der Waals surface area contributed by atoms with E-state index in [1.165, 1.54) is 0 Å². The highest BCUT2D eigenvalue weighted by Crippen LogP contribution is 2.32. The zero-order valence-corrected chi connectivity index (χ0v) is 9.55. The third-order valence-electron chi connectivity index (χ3n) is 3.27. The van der Waals surface area contributed by atoms with E-state index in [1.807, 2.05) is 36.4 Å². The number of aromatic nitrogens is 1. The van der Waals surface area contributed by atoms with Gasteiger partial charge < -0.3 is 4.42 Å². The number of benzene rings is 2. The van der Waals surface area contributed by atoms with Gasteiger partial charge in [-0.1, -0.05) is 41.9 Å². The van der Waals surface area contributed by atoms with E-state index >= 15 is 0 Å². The summed E-state index contributed by atoms with van der Waals surface area (Å²) >= 11 is 0. The molecule has 0 N–H and O–H groups in total. The minimum atomic E-state index is 0.660. The Morgan fingerprint density at radius 1 is 0.944 bits per heavy atom. The molecule has 4 rings (SSSR count). The van der Waals surface area contributed by atoms with Crippen molar-refractivity contribution in [3.8, 4) is 0 Å². The maximum atomic E-state index is 5.95. The Kier molecular flexibility index (Phi) is 1.81. The number of hydrogen-bond donors (Lipinski definition) is 0. The van der Waals surface area contributed by atoms with Crippen LogP contribution in [0.5, 0.6) is 0 Å². The summed E-state index contributed by atoms with van der Waals surface area (Å²) in [5, 5.41) is 3.23.